The Morgan fingerprint density at radius 2 is 1.86 bits per heavy atom. The molecule has 0 fully saturated rings. The summed E-state index contributed by atoms with van der Waals surface area (Å²) in [5.74, 6) is 2.04. The molecule has 0 spiro atoms. The Labute approximate surface area is 132 Å². The van der Waals surface area contributed by atoms with Crippen LogP contribution in [0.5, 0.6) is 0 Å². The molecule has 2 aromatic rings. The first-order valence-corrected chi connectivity index (χ1v) is 7.79. The van der Waals surface area contributed by atoms with Crippen molar-refractivity contribution in [1.82, 2.24) is 0 Å². The van der Waals surface area contributed by atoms with Crippen molar-refractivity contribution < 1.29 is 9.47 Å². The Kier molecular flexibility index (Phi) is 4.19. The van der Waals surface area contributed by atoms with Gasteiger partial charge < -0.3 is 9.47 Å². The van der Waals surface area contributed by atoms with Crippen LogP contribution in [-0.2, 0) is 15.9 Å². The van der Waals surface area contributed by atoms with Gasteiger partial charge in [-0.25, -0.2) is 0 Å². The molecular weight excluding hydrogens is 272 g/mol. The summed E-state index contributed by atoms with van der Waals surface area (Å²) in [6, 6.07) is 14.9. The summed E-state index contributed by atoms with van der Waals surface area (Å²) >= 11 is 0. The lowest BCUT2D eigenvalue weighted by Gasteiger charge is -2.22. The molecule has 2 heteroatoms. The van der Waals surface area contributed by atoms with Gasteiger partial charge in [-0.2, -0.15) is 0 Å². The largest absolute Gasteiger partial charge is 0.468 e. The van der Waals surface area contributed by atoms with Gasteiger partial charge in [0.1, 0.15) is 5.76 Å². The number of hydrogen-bond acceptors (Lipinski definition) is 2. The predicted octanol–water partition coefficient (Wildman–Crippen LogP) is 5.20. The maximum absolute atomic E-state index is 5.91. The molecule has 0 unspecified atom stereocenters. The Morgan fingerprint density at radius 1 is 1.09 bits per heavy atom. The number of ether oxygens (including phenoxy) is 2. The van der Waals surface area contributed by atoms with Gasteiger partial charge in [0, 0.05) is 17.9 Å². The smallest absolute Gasteiger partial charge is 0.283 e. The molecule has 22 heavy (non-hydrogen) atoms. The van der Waals surface area contributed by atoms with Crippen molar-refractivity contribution in [3.63, 3.8) is 0 Å². The van der Waals surface area contributed by atoms with Crippen molar-refractivity contribution in [3.05, 3.63) is 71.4 Å². The summed E-state index contributed by atoms with van der Waals surface area (Å²) in [5.41, 5.74) is 2.51. The van der Waals surface area contributed by atoms with E-state index in [4.69, 9.17) is 9.47 Å². The lowest BCUT2D eigenvalue weighted by atomic mass is 9.96. The van der Waals surface area contributed by atoms with Crippen molar-refractivity contribution >= 4 is 10.8 Å². The van der Waals surface area contributed by atoms with Crippen LogP contribution in [0.15, 0.2) is 65.8 Å². The summed E-state index contributed by atoms with van der Waals surface area (Å²) in [5, 5.41) is 2.57. The normalized spacial score (nSPS) is 15.0. The summed E-state index contributed by atoms with van der Waals surface area (Å²) in [6.45, 7) is 4.27. The zero-order valence-electron chi connectivity index (χ0n) is 13.4. The molecule has 1 aliphatic heterocycles. The molecule has 0 aromatic heterocycles. The van der Waals surface area contributed by atoms with Crippen LogP contribution in [0.3, 0.4) is 0 Å². The van der Waals surface area contributed by atoms with Gasteiger partial charge in [-0.05, 0) is 28.8 Å². The molecule has 0 saturated carbocycles. The molecule has 0 amide bonds. The van der Waals surface area contributed by atoms with Crippen molar-refractivity contribution in [2.24, 2.45) is 5.92 Å². The third-order valence-electron chi connectivity index (χ3n) is 4.09. The third-order valence-corrected chi connectivity index (χ3v) is 4.09. The predicted molar refractivity (Wildman–Crippen MR) is 90.3 cm³/mol. The minimum absolute atomic E-state index is 0.379. The van der Waals surface area contributed by atoms with E-state index in [1.54, 1.807) is 7.11 Å². The molecular formula is C20H22O2. The van der Waals surface area contributed by atoms with E-state index in [9.17, 15) is 0 Å². The number of rotatable bonds is 4. The van der Waals surface area contributed by atoms with Crippen molar-refractivity contribution in [1.29, 1.82) is 0 Å². The Bertz CT molecular complexity index is 733. The highest BCUT2D eigenvalue weighted by Gasteiger charge is 2.19. The van der Waals surface area contributed by atoms with E-state index in [1.807, 2.05) is 0 Å². The molecule has 3 rings (SSSR count). The zero-order chi connectivity index (χ0) is 15.5. The fourth-order valence-corrected chi connectivity index (χ4v) is 2.89. The molecule has 0 bridgehead atoms. The second kappa shape index (κ2) is 6.27. The first kappa shape index (κ1) is 14.7. The molecule has 2 nitrogen and oxygen atoms in total. The molecule has 1 heterocycles. The number of methoxy groups -OCH3 is 1. The zero-order valence-corrected chi connectivity index (χ0v) is 13.4. The monoisotopic (exact) mass is 294 g/mol. The summed E-state index contributed by atoms with van der Waals surface area (Å²) < 4.78 is 11.4. The number of fused-ring (bicyclic) bond motifs is 1. The minimum Gasteiger partial charge on any atom is -0.468 e. The van der Waals surface area contributed by atoms with Gasteiger partial charge in [0.25, 0.3) is 5.95 Å². The molecule has 0 aliphatic carbocycles. The van der Waals surface area contributed by atoms with Crippen LogP contribution in [0.1, 0.15) is 25.8 Å². The van der Waals surface area contributed by atoms with Gasteiger partial charge >= 0.3 is 0 Å². The fourth-order valence-electron chi connectivity index (χ4n) is 2.89. The van der Waals surface area contributed by atoms with Crippen molar-refractivity contribution in [2.75, 3.05) is 7.11 Å². The minimum atomic E-state index is 0.379. The molecule has 0 atom stereocenters. The Morgan fingerprint density at radius 3 is 2.64 bits per heavy atom. The maximum Gasteiger partial charge on any atom is 0.283 e. The number of benzene rings is 2. The van der Waals surface area contributed by atoms with E-state index >= 15 is 0 Å². The standard InChI is InChI=1S/C20H22O2/c1-14(2)19-12-11-17(20(21-3)22-19)13-16-9-6-8-15-7-4-5-10-18(15)16/h4-10,12,14H,11,13H2,1-3H3. The Balaban J connectivity index is 1.91. The molecule has 0 N–H and O–H groups in total. The van der Waals surface area contributed by atoms with E-state index in [0.29, 0.717) is 11.9 Å². The fraction of sp³-hybridized carbons (Fsp3) is 0.300. The second-order valence-electron chi connectivity index (χ2n) is 5.98. The molecule has 1 aliphatic rings. The van der Waals surface area contributed by atoms with Crippen molar-refractivity contribution in [3.8, 4) is 0 Å². The van der Waals surface area contributed by atoms with Crippen LogP contribution < -0.4 is 0 Å². The van der Waals surface area contributed by atoms with Gasteiger partial charge in [0.2, 0.25) is 0 Å². The highest BCUT2D eigenvalue weighted by molar-refractivity contribution is 5.85. The van der Waals surface area contributed by atoms with E-state index in [1.165, 1.54) is 21.9 Å². The average molecular weight is 294 g/mol. The average Bonchev–Trinajstić information content (AvgIpc) is 2.55. The highest BCUT2D eigenvalue weighted by atomic mass is 16.7. The van der Waals surface area contributed by atoms with Crippen molar-refractivity contribution in [2.45, 2.75) is 26.7 Å². The van der Waals surface area contributed by atoms with Gasteiger partial charge in [0.15, 0.2) is 0 Å². The highest BCUT2D eigenvalue weighted by Crippen LogP contribution is 2.30. The lowest BCUT2D eigenvalue weighted by molar-refractivity contribution is 0.0814. The maximum atomic E-state index is 5.91. The van der Waals surface area contributed by atoms with Crippen LogP contribution in [-0.4, -0.2) is 7.11 Å². The van der Waals surface area contributed by atoms with E-state index in [-0.39, 0.29) is 0 Å². The van der Waals surface area contributed by atoms with E-state index < -0.39 is 0 Å². The molecule has 2 aromatic carbocycles. The van der Waals surface area contributed by atoms with Crippen LogP contribution in [0.2, 0.25) is 0 Å². The topological polar surface area (TPSA) is 18.5 Å². The SMILES string of the molecule is COC1=C(Cc2cccc3ccccc23)CC=C(C(C)C)O1. The lowest BCUT2D eigenvalue weighted by Crippen LogP contribution is -2.10. The first-order chi connectivity index (χ1) is 10.7. The van der Waals surface area contributed by atoms with E-state index in [2.05, 4.69) is 62.4 Å². The van der Waals surface area contributed by atoms with Gasteiger partial charge in [-0.15, -0.1) is 0 Å². The Hall–Kier alpha value is -2.22. The quantitative estimate of drug-likeness (QED) is 0.771. The van der Waals surface area contributed by atoms with E-state index in [0.717, 1.165) is 18.6 Å². The van der Waals surface area contributed by atoms with Crippen LogP contribution >= 0.6 is 0 Å². The van der Waals surface area contributed by atoms with Crippen LogP contribution in [0, 0.1) is 5.92 Å². The van der Waals surface area contributed by atoms with Gasteiger partial charge in [-0.3, -0.25) is 0 Å². The third kappa shape index (κ3) is 2.87. The number of hydrogen-bond donors (Lipinski definition) is 0. The summed E-state index contributed by atoms with van der Waals surface area (Å²) in [6.07, 6.45) is 3.92. The summed E-state index contributed by atoms with van der Waals surface area (Å²) in [4.78, 5) is 0. The van der Waals surface area contributed by atoms with Gasteiger partial charge in [-0.1, -0.05) is 56.3 Å². The second-order valence-corrected chi connectivity index (χ2v) is 5.98. The number of allylic oxidation sites excluding steroid dienone is 3. The first-order valence-electron chi connectivity index (χ1n) is 7.79. The summed E-state index contributed by atoms with van der Waals surface area (Å²) in [7, 11) is 1.68. The van der Waals surface area contributed by atoms with Crippen LogP contribution in [0.4, 0.5) is 0 Å². The molecule has 114 valence electrons. The van der Waals surface area contributed by atoms with Gasteiger partial charge in [0.05, 0.1) is 7.11 Å². The molecule has 0 radical (unpaired) electrons. The molecule has 0 saturated heterocycles. The van der Waals surface area contributed by atoms with Crippen LogP contribution in [0.25, 0.3) is 10.8 Å².